The Morgan fingerprint density at radius 2 is 2.19 bits per heavy atom. The van der Waals surface area contributed by atoms with Crippen molar-refractivity contribution in [3.05, 3.63) is 0 Å². The summed E-state index contributed by atoms with van der Waals surface area (Å²) >= 11 is 0. The molecule has 0 bridgehead atoms. The number of ether oxygens (including phenoxy) is 2. The van der Waals surface area contributed by atoms with Gasteiger partial charge in [0.2, 0.25) is 5.91 Å². The number of hydrogen-bond donors (Lipinski definition) is 1. The first kappa shape index (κ1) is 13.4. The molecule has 1 heterocycles. The zero-order valence-electron chi connectivity index (χ0n) is 10.4. The molecule has 0 radical (unpaired) electrons. The monoisotopic (exact) mass is 230 g/mol. The summed E-state index contributed by atoms with van der Waals surface area (Å²) in [7, 11) is 1.64. The highest BCUT2D eigenvalue weighted by atomic mass is 16.5. The average molecular weight is 230 g/mol. The van der Waals surface area contributed by atoms with Crippen LogP contribution >= 0.6 is 0 Å². The maximum atomic E-state index is 12.0. The molecular formula is C11H22N2O3. The van der Waals surface area contributed by atoms with Gasteiger partial charge in [0, 0.05) is 13.7 Å². The molecule has 1 unspecified atom stereocenters. The van der Waals surface area contributed by atoms with Crippen molar-refractivity contribution >= 4 is 5.91 Å². The zero-order valence-corrected chi connectivity index (χ0v) is 10.4. The molecular weight excluding hydrogens is 208 g/mol. The van der Waals surface area contributed by atoms with Gasteiger partial charge < -0.3 is 14.4 Å². The van der Waals surface area contributed by atoms with Crippen molar-refractivity contribution in [2.45, 2.75) is 25.8 Å². The predicted octanol–water partition coefficient (Wildman–Crippen LogP) is 0.207. The molecule has 1 aliphatic rings. The summed E-state index contributed by atoms with van der Waals surface area (Å²) in [5, 5.41) is 3.23. The van der Waals surface area contributed by atoms with Crippen LogP contribution in [0.3, 0.4) is 0 Å². The molecule has 0 aromatic heterocycles. The van der Waals surface area contributed by atoms with Crippen LogP contribution in [0.2, 0.25) is 0 Å². The Labute approximate surface area is 97.1 Å². The molecule has 0 aromatic carbocycles. The third-order valence-corrected chi connectivity index (χ3v) is 3.06. The van der Waals surface area contributed by atoms with E-state index in [1.165, 1.54) is 0 Å². The molecule has 1 atom stereocenters. The first-order valence-corrected chi connectivity index (χ1v) is 5.75. The van der Waals surface area contributed by atoms with Gasteiger partial charge in [-0.1, -0.05) is 6.92 Å². The number of methoxy groups -OCH3 is 1. The summed E-state index contributed by atoms with van der Waals surface area (Å²) in [6.45, 7) is 6.97. The molecule has 0 saturated carbocycles. The van der Waals surface area contributed by atoms with Crippen molar-refractivity contribution in [1.29, 1.82) is 0 Å². The summed E-state index contributed by atoms with van der Waals surface area (Å²) in [6.07, 6.45) is 0.812. The molecule has 0 aliphatic carbocycles. The summed E-state index contributed by atoms with van der Waals surface area (Å²) in [5.74, 6) is 0.172. The van der Waals surface area contributed by atoms with Gasteiger partial charge in [-0.2, -0.15) is 0 Å². The van der Waals surface area contributed by atoms with E-state index < -0.39 is 0 Å². The van der Waals surface area contributed by atoms with Crippen LogP contribution in [0.15, 0.2) is 0 Å². The van der Waals surface area contributed by atoms with Gasteiger partial charge in [0.1, 0.15) is 0 Å². The normalized spacial score (nSPS) is 25.4. The highest BCUT2D eigenvalue weighted by Gasteiger charge is 2.40. The number of carbonyl (C=O) groups excluding carboxylic acids is 1. The molecule has 1 N–H and O–H groups in total. The van der Waals surface area contributed by atoms with Crippen molar-refractivity contribution < 1.29 is 14.3 Å². The van der Waals surface area contributed by atoms with E-state index in [0.29, 0.717) is 33.0 Å². The Hall–Kier alpha value is -0.650. The van der Waals surface area contributed by atoms with Crippen LogP contribution in [0.25, 0.3) is 0 Å². The molecule has 1 aliphatic heterocycles. The van der Waals surface area contributed by atoms with Gasteiger partial charge in [0.15, 0.2) is 0 Å². The van der Waals surface area contributed by atoms with Crippen LogP contribution in [0.4, 0.5) is 0 Å². The fourth-order valence-electron chi connectivity index (χ4n) is 1.64. The quantitative estimate of drug-likeness (QED) is 0.635. The smallest absolute Gasteiger partial charge is 0.243 e. The van der Waals surface area contributed by atoms with E-state index in [-0.39, 0.29) is 11.4 Å². The van der Waals surface area contributed by atoms with Crippen LogP contribution in [0.1, 0.15) is 20.3 Å². The first-order chi connectivity index (χ1) is 7.64. The number of nitrogens with zero attached hydrogens (tertiary/aromatic N) is 1. The van der Waals surface area contributed by atoms with E-state index in [2.05, 4.69) is 5.32 Å². The molecule has 1 saturated heterocycles. The van der Waals surface area contributed by atoms with Gasteiger partial charge in [-0.05, 0) is 13.3 Å². The van der Waals surface area contributed by atoms with Gasteiger partial charge >= 0.3 is 0 Å². The van der Waals surface area contributed by atoms with Crippen LogP contribution < -0.4 is 5.32 Å². The minimum Gasteiger partial charge on any atom is -0.382 e. The Balaban J connectivity index is 2.22. The molecule has 5 heteroatoms. The van der Waals surface area contributed by atoms with E-state index in [9.17, 15) is 4.79 Å². The third-order valence-electron chi connectivity index (χ3n) is 3.06. The van der Waals surface area contributed by atoms with Gasteiger partial charge in [0.05, 0.1) is 32.0 Å². The Bertz CT molecular complexity index is 235. The summed E-state index contributed by atoms with van der Waals surface area (Å²) in [4.78, 5) is 13.8. The molecule has 1 rings (SSSR count). The first-order valence-electron chi connectivity index (χ1n) is 5.75. The predicted molar refractivity (Wildman–Crippen MR) is 61.1 cm³/mol. The van der Waals surface area contributed by atoms with E-state index in [1.54, 1.807) is 12.0 Å². The second-order valence-corrected chi connectivity index (χ2v) is 4.19. The lowest BCUT2D eigenvalue weighted by atomic mass is 9.99. The van der Waals surface area contributed by atoms with Crippen molar-refractivity contribution in [3.8, 4) is 0 Å². The maximum absolute atomic E-state index is 12.0. The summed E-state index contributed by atoms with van der Waals surface area (Å²) < 4.78 is 10.2. The second-order valence-electron chi connectivity index (χ2n) is 4.19. The van der Waals surface area contributed by atoms with Crippen molar-refractivity contribution in [2.24, 2.45) is 0 Å². The molecule has 0 aromatic rings. The Kier molecular flexibility index (Phi) is 5.18. The molecule has 1 fully saturated rings. The van der Waals surface area contributed by atoms with Gasteiger partial charge in [-0.15, -0.1) is 0 Å². The third kappa shape index (κ3) is 3.17. The zero-order chi connectivity index (χ0) is 12.0. The molecule has 1 amide bonds. The Morgan fingerprint density at radius 3 is 2.75 bits per heavy atom. The molecule has 16 heavy (non-hydrogen) atoms. The molecule has 94 valence electrons. The van der Waals surface area contributed by atoms with Crippen LogP contribution in [0.5, 0.6) is 0 Å². The van der Waals surface area contributed by atoms with E-state index in [0.717, 1.165) is 6.42 Å². The summed E-state index contributed by atoms with van der Waals surface area (Å²) in [5.41, 5.74) is -0.382. The fraction of sp³-hybridized carbons (Fsp3) is 0.909. The minimum atomic E-state index is -0.382. The lowest BCUT2D eigenvalue weighted by Gasteiger charge is -2.20. The lowest BCUT2D eigenvalue weighted by Crippen LogP contribution is -2.43. The number of carbonyl (C=O) groups is 1. The number of rotatable bonds is 7. The largest absolute Gasteiger partial charge is 0.382 e. The van der Waals surface area contributed by atoms with Crippen LogP contribution in [0, 0.1) is 0 Å². The van der Waals surface area contributed by atoms with Crippen molar-refractivity contribution in [2.75, 3.05) is 40.1 Å². The van der Waals surface area contributed by atoms with Gasteiger partial charge in [-0.3, -0.25) is 10.1 Å². The van der Waals surface area contributed by atoms with Crippen molar-refractivity contribution in [3.63, 3.8) is 0 Å². The van der Waals surface area contributed by atoms with E-state index in [4.69, 9.17) is 9.47 Å². The molecule has 5 nitrogen and oxygen atoms in total. The molecule has 0 spiro atoms. The van der Waals surface area contributed by atoms with Crippen LogP contribution in [-0.2, 0) is 14.3 Å². The van der Waals surface area contributed by atoms with Gasteiger partial charge in [0.25, 0.3) is 0 Å². The number of amides is 1. The highest BCUT2D eigenvalue weighted by molar-refractivity contribution is 5.87. The SMILES string of the molecule is CCC1(C)NCN(CCOCCOC)C1=O. The Morgan fingerprint density at radius 1 is 1.44 bits per heavy atom. The van der Waals surface area contributed by atoms with Crippen LogP contribution in [-0.4, -0.2) is 56.5 Å². The highest BCUT2D eigenvalue weighted by Crippen LogP contribution is 2.18. The van der Waals surface area contributed by atoms with E-state index in [1.807, 2.05) is 13.8 Å². The fourth-order valence-corrected chi connectivity index (χ4v) is 1.64. The number of nitrogens with one attached hydrogen (secondary N) is 1. The van der Waals surface area contributed by atoms with Crippen molar-refractivity contribution in [1.82, 2.24) is 10.2 Å². The minimum absolute atomic E-state index is 0.172. The maximum Gasteiger partial charge on any atom is 0.243 e. The number of hydrogen-bond acceptors (Lipinski definition) is 4. The van der Waals surface area contributed by atoms with Gasteiger partial charge in [-0.25, -0.2) is 0 Å². The summed E-state index contributed by atoms with van der Waals surface area (Å²) in [6, 6.07) is 0. The van der Waals surface area contributed by atoms with E-state index >= 15 is 0 Å². The standard InChI is InChI=1S/C11H22N2O3/c1-4-11(2)10(14)13(9-12-11)5-6-16-8-7-15-3/h12H,4-9H2,1-3H3. The second kappa shape index (κ2) is 6.18. The lowest BCUT2D eigenvalue weighted by molar-refractivity contribution is -0.132. The average Bonchev–Trinajstić information content (AvgIpc) is 2.58. The topological polar surface area (TPSA) is 50.8 Å².